The monoisotopic (exact) mass is 292 g/mol. The summed E-state index contributed by atoms with van der Waals surface area (Å²) in [5, 5.41) is 0. The van der Waals surface area contributed by atoms with Crippen molar-refractivity contribution in [3.63, 3.8) is 0 Å². The molecule has 88 valence electrons. The van der Waals surface area contributed by atoms with E-state index in [-0.39, 0.29) is 0 Å². The summed E-state index contributed by atoms with van der Waals surface area (Å²) >= 11 is 3.37. The lowest BCUT2D eigenvalue weighted by molar-refractivity contribution is 0.480. The van der Waals surface area contributed by atoms with Crippen LogP contribution in [-0.4, -0.2) is 4.98 Å². The molecule has 2 N–H and O–H groups in total. The Morgan fingerprint density at radius 3 is 2.59 bits per heavy atom. The number of rotatable bonds is 2. The number of hydrogen-bond donors (Lipinski definition) is 1. The number of anilines is 1. The molecule has 0 aliphatic heterocycles. The van der Waals surface area contributed by atoms with Gasteiger partial charge in [0.15, 0.2) is 5.75 Å². The highest BCUT2D eigenvalue weighted by Crippen LogP contribution is 2.34. The second-order valence-corrected chi connectivity index (χ2v) is 4.74. The molecule has 17 heavy (non-hydrogen) atoms. The maximum absolute atomic E-state index is 5.82. The molecule has 0 aliphatic carbocycles. The minimum Gasteiger partial charge on any atom is -0.454 e. The van der Waals surface area contributed by atoms with Gasteiger partial charge in [0.1, 0.15) is 5.75 Å². The third kappa shape index (κ3) is 2.58. The fraction of sp³-hybridized carbons (Fsp3) is 0.154. The molecule has 0 radical (unpaired) electrons. The fourth-order valence-electron chi connectivity index (χ4n) is 1.44. The Morgan fingerprint density at radius 2 is 1.94 bits per heavy atom. The minimum absolute atomic E-state index is 0.512. The molecule has 1 aromatic carbocycles. The summed E-state index contributed by atoms with van der Waals surface area (Å²) in [6.07, 6.45) is 3.23. The van der Waals surface area contributed by atoms with Crippen molar-refractivity contribution in [2.24, 2.45) is 0 Å². The first-order chi connectivity index (χ1) is 8.08. The largest absolute Gasteiger partial charge is 0.454 e. The molecule has 0 saturated carbocycles. The molecule has 0 aliphatic rings. The molecule has 1 aromatic heterocycles. The SMILES string of the molecule is Cc1ccc(Oc2c(N)cncc2Br)cc1C. The normalized spacial score (nSPS) is 10.3. The van der Waals surface area contributed by atoms with Crippen LogP contribution in [0.2, 0.25) is 0 Å². The fourth-order valence-corrected chi connectivity index (χ4v) is 1.87. The summed E-state index contributed by atoms with van der Waals surface area (Å²) in [4.78, 5) is 3.97. The Labute approximate surface area is 109 Å². The van der Waals surface area contributed by atoms with Crippen molar-refractivity contribution >= 4 is 21.6 Å². The predicted octanol–water partition coefficient (Wildman–Crippen LogP) is 3.84. The van der Waals surface area contributed by atoms with Crippen molar-refractivity contribution in [2.75, 3.05) is 5.73 Å². The number of hydrogen-bond acceptors (Lipinski definition) is 3. The highest BCUT2D eigenvalue weighted by Gasteiger charge is 2.07. The van der Waals surface area contributed by atoms with Crippen LogP contribution in [0.15, 0.2) is 35.1 Å². The number of aromatic nitrogens is 1. The Kier molecular flexibility index (Phi) is 3.33. The van der Waals surface area contributed by atoms with Gasteiger partial charge >= 0.3 is 0 Å². The summed E-state index contributed by atoms with van der Waals surface area (Å²) in [5.74, 6) is 1.37. The number of ether oxygens (including phenoxy) is 1. The van der Waals surface area contributed by atoms with Crippen molar-refractivity contribution in [3.8, 4) is 11.5 Å². The van der Waals surface area contributed by atoms with E-state index < -0.39 is 0 Å². The Bertz CT molecular complexity index is 535. The molecule has 2 aromatic rings. The van der Waals surface area contributed by atoms with Gasteiger partial charge in [-0.25, -0.2) is 0 Å². The molecule has 0 spiro atoms. The molecule has 3 nitrogen and oxygen atoms in total. The zero-order valence-electron chi connectivity index (χ0n) is 9.70. The molecular formula is C13H13BrN2O. The molecule has 0 amide bonds. The van der Waals surface area contributed by atoms with Crippen molar-refractivity contribution in [3.05, 3.63) is 46.2 Å². The third-order valence-electron chi connectivity index (χ3n) is 2.58. The Morgan fingerprint density at radius 1 is 1.18 bits per heavy atom. The summed E-state index contributed by atoms with van der Waals surface area (Å²) < 4.78 is 6.51. The number of pyridine rings is 1. The van der Waals surface area contributed by atoms with Crippen LogP contribution in [0.25, 0.3) is 0 Å². The third-order valence-corrected chi connectivity index (χ3v) is 3.14. The van der Waals surface area contributed by atoms with Gasteiger partial charge in [0.05, 0.1) is 16.4 Å². The van der Waals surface area contributed by atoms with E-state index in [4.69, 9.17) is 10.5 Å². The molecule has 1 heterocycles. The number of halogens is 1. The number of nitrogens with zero attached hydrogens (tertiary/aromatic N) is 1. The van der Waals surface area contributed by atoms with Crippen LogP contribution in [0, 0.1) is 13.8 Å². The Balaban J connectivity index is 2.35. The van der Waals surface area contributed by atoms with Gasteiger partial charge in [0.2, 0.25) is 0 Å². The molecule has 0 bridgehead atoms. The predicted molar refractivity (Wildman–Crippen MR) is 72.3 cm³/mol. The van der Waals surface area contributed by atoms with Crippen molar-refractivity contribution in [2.45, 2.75) is 13.8 Å². The molecule has 2 rings (SSSR count). The van der Waals surface area contributed by atoms with E-state index in [1.54, 1.807) is 12.4 Å². The first kappa shape index (κ1) is 11.9. The molecule has 0 unspecified atom stereocenters. The van der Waals surface area contributed by atoms with Crippen LogP contribution in [-0.2, 0) is 0 Å². The van der Waals surface area contributed by atoms with Gasteiger partial charge in [0, 0.05) is 6.20 Å². The topological polar surface area (TPSA) is 48.1 Å². The van der Waals surface area contributed by atoms with Crippen molar-refractivity contribution in [1.29, 1.82) is 0 Å². The highest BCUT2D eigenvalue weighted by atomic mass is 79.9. The van der Waals surface area contributed by atoms with E-state index in [1.165, 1.54) is 11.1 Å². The lowest BCUT2D eigenvalue weighted by Crippen LogP contribution is -1.94. The van der Waals surface area contributed by atoms with E-state index in [0.717, 1.165) is 10.2 Å². The molecule has 0 atom stereocenters. The minimum atomic E-state index is 0.512. The van der Waals surface area contributed by atoms with E-state index in [1.807, 2.05) is 25.1 Å². The number of nitrogen functional groups attached to an aromatic ring is 1. The highest BCUT2D eigenvalue weighted by molar-refractivity contribution is 9.10. The van der Waals surface area contributed by atoms with Crippen LogP contribution in [0.5, 0.6) is 11.5 Å². The number of nitrogens with two attached hydrogens (primary N) is 1. The summed E-state index contributed by atoms with van der Waals surface area (Å²) in [5.41, 5.74) is 8.75. The van der Waals surface area contributed by atoms with Gasteiger partial charge < -0.3 is 10.5 Å². The standard InChI is InChI=1S/C13H13BrN2O/c1-8-3-4-10(5-9(8)2)17-13-11(14)6-16-7-12(13)15/h3-7H,15H2,1-2H3. The number of benzene rings is 1. The molecule has 0 fully saturated rings. The van der Waals surface area contributed by atoms with Crippen LogP contribution in [0.4, 0.5) is 5.69 Å². The van der Waals surface area contributed by atoms with E-state index in [0.29, 0.717) is 11.4 Å². The van der Waals surface area contributed by atoms with Crippen LogP contribution in [0.3, 0.4) is 0 Å². The van der Waals surface area contributed by atoms with E-state index >= 15 is 0 Å². The number of aryl methyl sites for hydroxylation is 2. The van der Waals surface area contributed by atoms with E-state index in [9.17, 15) is 0 Å². The van der Waals surface area contributed by atoms with Crippen LogP contribution >= 0.6 is 15.9 Å². The molecular weight excluding hydrogens is 280 g/mol. The molecule has 0 saturated heterocycles. The average molecular weight is 293 g/mol. The quantitative estimate of drug-likeness (QED) is 0.915. The smallest absolute Gasteiger partial charge is 0.167 e. The zero-order chi connectivity index (χ0) is 12.4. The summed E-state index contributed by atoms with van der Waals surface area (Å²) in [6.45, 7) is 4.11. The summed E-state index contributed by atoms with van der Waals surface area (Å²) in [6, 6.07) is 5.94. The molecule has 4 heteroatoms. The second-order valence-electron chi connectivity index (χ2n) is 3.89. The lowest BCUT2D eigenvalue weighted by atomic mass is 10.1. The van der Waals surface area contributed by atoms with Crippen LogP contribution in [0.1, 0.15) is 11.1 Å². The Hall–Kier alpha value is -1.55. The zero-order valence-corrected chi connectivity index (χ0v) is 11.3. The van der Waals surface area contributed by atoms with Crippen molar-refractivity contribution in [1.82, 2.24) is 4.98 Å². The van der Waals surface area contributed by atoms with Gasteiger partial charge in [-0.1, -0.05) is 6.07 Å². The van der Waals surface area contributed by atoms with Gasteiger partial charge in [0.25, 0.3) is 0 Å². The van der Waals surface area contributed by atoms with Gasteiger partial charge in [-0.15, -0.1) is 0 Å². The van der Waals surface area contributed by atoms with Gasteiger partial charge in [-0.2, -0.15) is 0 Å². The first-order valence-electron chi connectivity index (χ1n) is 5.22. The van der Waals surface area contributed by atoms with Gasteiger partial charge in [-0.05, 0) is 53.0 Å². The summed E-state index contributed by atoms with van der Waals surface area (Å²) in [7, 11) is 0. The lowest BCUT2D eigenvalue weighted by Gasteiger charge is -2.11. The maximum atomic E-state index is 5.82. The van der Waals surface area contributed by atoms with E-state index in [2.05, 4.69) is 27.8 Å². The van der Waals surface area contributed by atoms with Crippen molar-refractivity contribution < 1.29 is 4.74 Å². The second kappa shape index (κ2) is 4.75. The van der Waals surface area contributed by atoms with Crippen LogP contribution < -0.4 is 10.5 Å². The van der Waals surface area contributed by atoms with Gasteiger partial charge in [-0.3, -0.25) is 4.98 Å². The average Bonchev–Trinajstić information content (AvgIpc) is 2.28. The maximum Gasteiger partial charge on any atom is 0.167 e. The first-order valence-corrected chi connectivity index (χ1v) is 6.01.